The van der Waals surface area contributed by atoms with Crippen molar-refractivity contribution in [1.29, 1.82) is 0 Å². The van der Waals surface area contributed by atoms with Crippen LogP contribution in [-0.2, 0) is 0 Å². The van der Waals surface area contributed by atoms with Crippen LogP contribution >= 0.6 is 11.6 Å². The first-order chi connectivity index (χ1) is 8.61. The minimum Gasteiger partial charge on any atom is -0.467 e. The van der Waals surface area contributed by atoms with Crippen molar-refractivity contribution in [2.75, 3.05) is 12.8 Å². The van der Waals surface area contributed by atoms with Gasteiger partial charge in [0.1, 0.15) is 5.02 Å². The Morgan fingerprint density at radius 3 is 2.83 bits per heavy atom. The van der Waals surface area contributed by atoms with Gasteiger partial charge in [0, 0.05) is 0 Å². The number of hydrogen-bond acceptors (Lipinski definition) is 5. The van der Waals surface area contributed by atoms with Gasteiger partial charge in [-0.25, -0.2) is 4.98 Å². The molecule has 0 spiro atoms. The second kappa shape index (κ2) is 5.10. The van der Waals surface area contributed by atoms with E-state index in [2.05, 4.69) is 9.97 Å². The number of benzene rings is 1. The van der Waals surface area contributed by atoms with E-state index in [1.165, 1.54) is 13.3 Å². The fraction of sp³-hybridized carbons (Fsp3) is 0.167. The van der Waals surface area contributed by atoms with Gasteiger partial charge < -0.3 is 15.2 Å². The minimum atomic E-state index is 0.181. The first-order valence-corrected chi connectivity index (χ1v) is 5.59. The fourth-order valence-corrected chi connectivity index (χ4v) is 1.48. The highest BCUT2D eigenvalue weighted by Gasteiger charge is 2.10. The van der Waals surface area contributed by atoms with Gasteiger partial charge in [-0.2, -0.15) is 4.98 Å². The number of aryl methyl sites for hydroxylation is 1. The molecule has 0 aliphatic rings. The van der Waals surface area contributed by atoms with Crippen LogP contribution in [0.4, 0.5) is 5.69 Å². The minimum absolute atomic E-state index is 0.181. The lowest BCUT2D eigenvalue weighted by molar-refractivity contribution is 0.366. The van der Waals surface area contributed by atoms with Gasteiger partial charge in [-0.15, -0.1) is 0 Å². The Labute approximate surface area is 110 Å². The average Bonchev–Trinajstić information content (AvgIpc) is 2.37. The predicted molar refractivity (Wildman–Crippen MR) is 69.3 cm³/mol. The number of aromatic nitrogens is 2. The normalized spacial score (nSPS) is 10.2. The molecule has 0 fully saturated rings. The lowest BCUT2D eigenvalue weighted by Crippen LogP contribution is -1.98. The maximum absolute atomic E-state index is 5.95. The number of nitrogen functional groups attached to an aromatic ring is 1. The molecule has 2 rings (SSSR count). The van der Waals surface area contributed by atoms with Gasteiger partial charge in [-0.3, -0.25) is 0 Å². The SMILES string of the molecule is COc1ncc(Cl)c(Oc2cccc(C)c2N)n1. The van der Waals surface area contributed by atoms with Crippen molar-refractivity contribution in [1.82, 2.24) is 9.97 Å². The molecule has 5 nitrogen and oxygen atoms in total. The average molecular weight is 266 g/mol. The van der Waals surface area contributed by atoms with Gasteiger partial charge in [-0.1, -0.05) is 23.7 Å². The Bertz CT molecular complexity index is 575. The molecule has 0 atom stereocenters. The molecule has 0 aliphatic carbocycles. The van der Waals surface area contributed by atoms with Crippen molar-refractivity contribution >= 4 is 17.3 Å². The number of halogens is 1. The van der Waals surface area contributed by atoms with Crippen molar-refractivity contribution in [3.8, 4) is 17.6 Å². The summed E-state index contributed by atoms with van der Waals surface area (Å²) in [5.74, 6) is 0.707. The van der Waals surface area contributed by atoms with E-state index in [1.807, 2.05) is 19.1 Å². The summed E-state index contributed by atoms with van der Waals surface area (Å²) in [6.45, 7) is 1.89. The second-order valence-corrected chi connectivity index (χ2v) is 4.01. The van der Waals surface area contributed by atoms with E-state index in [1.54, 1.807) is 6.07 Å². The number of para-hydroxylation sites is 1. The second-order valence-electron chi connectivity index (χ2n) is 3.60. The number of ether oxygens (including phenoxy) is 2. The highest BCUT2D eigenvalue weighted by atomic mass is 35.5. The van der Waals surface area contributed by atoms with Gasteiger partial charge in [-0.05, 0) is 18.6 Å². The summed E-state index contributed by atoms with van der Waals surface area (Å²) in [6.07, 6.45) is 1.41. The zero-order valence-electron chi connectivity index (χ0n) is 9.98. The number of anilines is 1. The topological polar surface area (TPSA) is 70.3 Å². The molecule has 0 radical (unpaired) electrons. The third-order valence-electron chi connectivity index (χ3n) is 2.36. The molecule has 2 N–H and O–H groups in total. The lowest BCUT2D eigenvalue weighted by atomic mass is 10.2. The van der Waals surface area contributed by atoms with E-state index in [-0.39, 0.29) is 16.9 Å². The van der Waals surface area contributed by atoms with Crippen LogP contribution in [0.15, 0.2) is 24.4 Å². The first-order valence-electron chi connectivity index (χ1n) is 5.21. The van der Waals surface area contributed by atoms with Crippen molar-refractivity contribution in [3.05, 3.63) is 35.0 Å². The summed E-state index contributed by atoms with van der Waals surface area (Å²) in [4.78, 5) is 7.88. The molecule has 18 heavy (non-hydrogen) atoms. The molecule has 0 amide bonds. The first kappa shape index (κ1) is 12.4. The van der Waals surface area contributed by atoms with Gasteiger partial charge in [0.05, 0.1) is 19.0 Å². The van der Waals surface area contributed by atoms with Crippen LogP contribution in [0.25, 0.3) is 0 Å². The van der Waals surface area contributed by atoms with Crippen LogP contribution in [0.5, 0.6) is 17.6 Å². The molecule has 94 valence electrons. The van der Waals surface area contributed by atoms with Crippen LogP contribution in [0, 0.1) is 6.92 Å². The van der Waals surface area contributed by atoms with E-state index >= 15 is 0 Å². The Balaban J connectivity index is 2.36. The molecule has 0 unspecified atom stereocenters. The third kappa shape index (κ3) is 2.46. The molecule has 2 aromatic rings. The fourth-order valence-electron chi connectivity index (χ4n) is 1.35. The Kier molecular flexibility index (Phi) is 3.53. The van der Waals surface area contributed by atoms with E-state index in [0.29, 0.717) is 11.4 Å². The van der Waals surface area contributed by atoms with Crippen LogP contribution in [0.2, 0.25) is 5.02 Å². The Morgan fingerprint density at radius 1 is 1.33 bits per heavy atom. The van der Waals surface area contributed by atoms with Gasteiger partial charge >= 0.3 is 6.01 Å². The summed E-state index contributed by atoms with van der Waals surface area (Å²) in [5, 5.41) is 0.289. The zero-order valence-corrected chi connectivity index (χ0v) is 10.7. The summed E-state index contributed by atoms with van der Waals surface area (Å²) < 4.78 is 10.5. The number of rotatable bonds is 3. The van der Waals surface area contributed by atoms with Gasteiger partial charge in [0.2, 0.25) is 5.88 Å². The predicted octanol–water partition coefficient (Wildman–Crippen LogP) is 2.82. The van der Waals surface area contributed by atoms with Crippen LogP contribution < -0.4 is 15.2 Å². The maximum atomic E-state index is 5.95. The van der Waals surface area contributed by atoms with Crippen LogP contribution in [0.1, 0.15) is 5.56 Å². The molecular weight excluding hydrogens is 254 g/mol. The van der Waals surface area contributed by atoms with E-state index < -0.39 is 0 Å². The Morgan fingerprint density at radius 2 is 2.11 bits per heavy atom. The molecule has 6 heteroatoms. The van der Waals surface area contributed by atoms with Crippen molar-refractivity contribution in [2.24, 2.45) is 0 Å². The van der Waals surface area contributed by atoms with Crippen molar-refractivity contribution in [2.45, 2.75) is 6.92 Å². The summed E-state index contributed by atoms with van der Waals surface area (Å²) in [7, 11) is 1.47. The molecule has 0 saturated heterocycles. The van der Waals surface area contributed by atoms with Crippen molar-refractivity contribution in [3.63, 3.8) is 0 Å². The summed E-state index contributed by atoms with van der Waals surface area (Å²) >= 11 is 5.95. The quantitative estimate of drug-likeness (QED) is 0.864. The molecule has 0 aliphatic heterocycles. The highest BCUT2D eigenvalue weighted by molar-refractivity contribution is 6.31. The van der Waals surface area contributed by atoms with E-state index in [9.17, 15) is 0 Å². The number of nitrogens with zero attached hydrogens (tertiary/aromatic N) is 2. The molecule has 1 aromatic heterocycles. The van der Waals surface area contributed by atoms with E-state index in [4.69, 9.17) is 26.8 Å². The van der Waals surface area contributed by atoms with Gasteiger partial charge in [0.15, 0.2) is 5.75 Å². The molecule has 0 saturated carbocycles. The van der Waals surface area contributed by atoms with E-state index in [0.717, 1.165) is 5.56 Å². The largest absolute Gasteiger partial charge is 0.467 e. The molecule has 0 bridgehead atoms. The number of nitrogens with two attached hydrogens (primary N) is 1. The summed E-state index contributed by atoms with van der Waals surface area (Å²) in [5.41, 5.74) is 7.38. The number of hydrogen-bond donors (Lipinski definition) is 1. The number of methoxy groups -OCH3 is 1. The van der Waals surface area contributed by atoms with Crippen LogP contribution in [-0.4, -0.2) is 17.1 Å². The maximum Gasteiger partial charge on any atom is 0.319 e. The zero-order chi connectivity index (χ0) is 13.1. The monoisotopic (exact) mass is 265 g/mol. The molecule has 1 aromatic carbocycles. The summed E-state index contributed by atoms with van der Waals surface area (Å²) in [6, 6.07) is 5.66. The van der Waals surface area contributed by atoms with Gasteiger partial charge in [0.25, 0.3) is 0 Å². The standard InChI is InChI=1S/C12H12ClN3O2/c1-7-4-3-5-9(10(7)14)18-11-8(13)6-15-12(16-11)17-2/h3-6H,14H2,1-2H3. The molecular formula is C12H12ClN3O2. The lowest BCUT2D eigenvalue weighted by Gasteiger charge is -2.10. The smallest absolute Gasteiger partial charge is 0.319 e. The third-order valence-corrected chi connectivity index (χ3v) is 2.62. The Hall–Kier alpha value is -2.01. The molecule has 1 heterocycles. The van der Waals surface area contributed by atoms with Crippen molar-refractivity contribution < 1.29 is 9.47 Å². The highest BCUT2D eigenvalue weighted by Crippen LogP contribution is 2.32. The van der Waals surface area contributed by atoms with Crippen LogP contribution in [0.3, 0.4) is 0 Å².